The van der Waals surface area contributed by atoms with Gasteiger partial charge in [-0.15, -0.1) is 0 Å². The van der Waals surface area contributed by atoms with Crippen LogP contribution in [0.4, 0.5) is 10.8 Å². The molecular formula is C11H16N4O4. The molecule has 8 heteroatoms. The van der Waals surface area contributed by atoms with Crippen LogP contribution < -0.4 is 10.6 Å². The Morgan fingerprint density at radius 3 is 2.84 bits per heavy atom. The van der Waals surface area contributed by atoms with Crippen LogP contribution in [-0.2, 0) is 11.2 Å². The number of aryl methyl sites for hydroxylation is 1. The van der Waals surface area contributed by atoms with Crippen molar-refractivity contribution in [2.75, 3.05) is 5.32 Å². The van der Waals surface area contributed by atoms with Crippen LogP contribution in [0.1, 0.15) is 32.0 Å². The summed E-state index contributed by atoms with van der Waals surface area (Å²) in [5.74, 6) is -0.670. The predicted octanol–water partition coefficient (Wildman–Crippen LogP) is 1.01. The van der Waals surface area contributed by atoms with Gasteiger partial charge >= 0.3 is 18.0 Å². The van der Waals surface area contributed by atoms with E-state index in [4.69, 9.17) is 9.63 Å². The van der Waals surface area contributed by atoms with E-state index < -0.39 is 12.0 Å². The summed E-state index contributed by atoms with van der Waals surface area (Å²) < 4.78 is 4.82. The molecule has 1 heterocycles. The highest BCUT2D eigenvalue weighted by atomic mass is 16.5. The van der Waals surface area contributed by atoms with Gasteiger partial charge in [0.2, 0.25) is 0 Å². The Morgan fingerprint density at radius 1 is 1.47 bits per heavy atom. The maximum absolute atomic E-state index is 11.6. The lowest BCUT2D eigenvalue weighted by Crippen LogP contribution is -2.36. The monoisotopic (exact) mass is 268 g/mol. The summed E-state index contributed by atoms with van der Waals surface area (Å²) in [6.07, 6.45) is 2.32. The van der Waals surface area contributed by atoms with Gasteiger partial charge in [-0.05, 0) is 19.3 Å². The van der Waals surface area contributed by atoms with Gasteiger partial charge in [0.05, 0.1) is 5.92 Å². The molecule has 0 radical (unpaired) electrons. The molecule has 1 aliphatic rings. The molecule has 0 aromatic carbocycles. The molecule has 0 spiro atoms. The molecule has 0 saturated heterocycles. The minimum atomic E-state index is -0.811. The Bertz CT molecular complexity index is 473. The molecule has 1 fully saturated rings. The molecule has 19 heavy (non-hydrogen) atoms. The number of urea groups is 1. The molecule has 1 aromatic heterocycles. The summed E-state index contributed by atoms with van der Waals surface area (Å²) in [5, 5.41) is 17.6. The summed E-state index contributed by atoms with van der Waals surface area (Å²) in [7, 11) is 0. The number of carbonyl (C=O) groups excluding carboxylic acids is 1. The molecule has 8 nitrogen and oxygen atoms in total. The summed E-state index contributed by atoms with van der Waals surface area (Å²) in [4.78, 5) is 26.4. The highest BCUT2D eigenvalue weighted by Crippen LogP contribution is 2.25. The summed E-state index contributed by atoms with van der Waals surface area (Å²) in [6.45, 7) is 1.87. The second-order valence-corrected chi connectivity index (χ2v) is 4.51. The Kier molecular flexibility index (Phi) is 3.98. The SMILES string of the molecule is CCc1noc(NC(=O)N[C@@H]2CC[C@H](C(=O)O)C2)n1. The van der Waals surface area contributed by atoms with E-state index in [0.717, 1.165) is 0 Å². The van der Waals surface area contributed by atoms with Gasteiger partial charge in [-0.1, -0.05) is 12.1 Å². The number of carboxylic acids is 1. The largest absolute Gasteiger partial charge is 0.481 e. The number of aliphatic carboxylic acids is 1. The molecule has 3 N–H and O–H groups in total. The van der Waals surface area contributed by atoms with Crippen LogP contribution in [0, 0.1) is 5.92 Å². The molecule has 2 amide bonds. The Hall–Kier alpha value is -2.12. The van der Waals surface area contributed by atoms with E-state index in [9.17, 15) is 9.59 Å². The number of aromatic nitrogens is 2. The van der Waals surface area contributed by atoms with E-state index in [2.05, 4.69) is 20.8 Å². The molecule has 2 atom stereocenters. The van der Waals surface area contributed by atoms with Crippen LogP contribution in [0.3, 0.4) is 0 Å². The maximum atomic E-state index is 11.6. The molecule has 1 aliphatic carbocycles. The van der Waals surface area contributed by atoms with Crippen molar-refractivity contribution in [2.45, 2.75) is 38.6 Å². The Morgan fingerprint density at radius 2 is 2.26 bits per heavy atom. The first-order chi connectivity index (χ1) is 9.08. The van der Waals surface area contributed by atoms with Gasteiger partial charge in [-0.2, -0.15) is 4.98 Å². The van der Waals surface area contributed by atoms with Crippen LogP contribution in [0.5, 0.6) is 0 Å². The number of rotatable bonds is 4. The highest BCUT2D eigenvalue weighted by molar-refractivity contribution is 5.87. The van der Waals surface area contributed by atoms with Crippen LogP contribution >= 0.6 is 0 Å². The standard InChI is InChI=1S/C11H16N4O4/c1-2-8-13-11(19-15-8)14-10(18)12-7-4-3-6(5-7)9(16)17/h6-7H,2-5H2,1H3,(H,16,17)(H2,12,13,14,15,18)/t6-,7+/m0/s1. The molecule has 104 valence electrons. The van der Waals surface area contributed by atoms with Crippen molar-refractivity contribution >= 4 is 18.0 Å². The smallest absolute Gasteiger partial charge is 0.329 e. The molecule has 2 rings (SSSR count). The third-order valence-electron chi connectivity index (χ3n) is 3.12. The normalized spacial score (nSPS) is 22.2. The molecule has 0 unspecified atom stereocenters. The third kappa shape index (κ3) is 3.43. The van der Waals surface area contributed by atoms with E-state index in [-0.39, 0.29) is 18.0 Å². The summed E-state index contributed by atoms with van der Waals surface area (Å²) >= 11 is 0. The number of anilines is 1. The number of carbonyl (C=O) groups is 2. The molecular weight excluding hydrogens is 252 g/mol. The van der Waals surface area contributed by atoms with Crippen molar-refractivity contribution in [3.63, 3.8) is 0 Å². The summed E-state index contributed by atoms with van der Waals surface area (Å²) in [6, 6.07) is -0.542. The summed E-state index contributed by atoms with van der Waals surface area (Å²) in [5.41, 5.74) is 0. The molecule has 0 bridgehead atoms. The van der Waals surface area contributed by atoms with Gasteiger partial charge in [-0.3, -0.25) is 10.1 Å². The van der Waals surface area contributed by atoms with E-state index >= 15 is 0 Å². The van der Waals surface area contributed by atoms with Gasteiger partial charge in [0, 0.05) is 12.5 Å². The van der Waals surface area contributed by atoms with E-state index in [1.165, 1.54) is 0 Å². The average molecular weight is 268 g/mol. The van der Waals surface area contributed by atoms with Gasteiger partial charge in [0.1, 0.15) is 0 Å². The zero-order valence-corrected chi connectivity index (χ0v) is 10.5. The fourth-order valence-corrected chi connectivity index (χ4v) is 2.10. The van der Waals surface area contributed by atoms with Crippen molar-refractivity contribution in [3.8, 4) is 0 Å². The van der Waals surface area contributed by atoms with Crippen molar-refractivity contribution in [1.82, 2.24) is 15.5 Å². The fraction of sp³-hybridized carbons (Fsp3) is 0.636. The molecule has 1 aromatic rings. The lowest BCUT2D eigenvalue weighted by Gasteiger charge is -2.11. The highest BCUT2D eigenvalue weighted by Gasteiger charge is 2.30. The average Bonchev–Trinajstić information content (AvgIpc) is 2.98. The van der Waals surface area contributed by atoms with Gasteiger partial charge in [-0.25, -0.2) is 4.79 Å². The lowest BCUT2D eigenvalue weighted by molar-refractivity contribution is -0.141. The van der Waals surface area contributed by atoms with E-state index in [0.29, 0.717) is 31.5 Å². The number of carboxylic acid groups (broad SMARTS) is 1. The zero-order valence-electron chi connectivity index (χ0n) is 10.5. The van der Waals surface area contributed by atoms with Gasteiger partial charge in [0.25, 0.3) is 0 Å². The molecule has 1 saturated carbocycles. The van der Waals surface area contributed by atoms with Crippen molar-refractivity contribution in [1.29, 1.82) is 0 Å². The van der Waals surface area contributed by atoms with E-state index in [1.54, 1.807) is 0 Å². The lowest BCUT2D eigenvalue weighted by atomic mass is 10.1. The maximum Gasteiger partial charge on any atom is 0.329 e. The number of nitrogens with one attached hydrogen (secondary N) is 2. The van der Waals surface area contributed by atoms with Gasteiger partial charge < -0.3 is 14.9 Å². The van der Waals surface area contributed by atoms with E-state index in [1.807, 2.05) is 6.92 Å². The minimum absolute atomic E-state index is 0.0436. The Balaban J connectivity index is 1.80. The predicted molar refractivity (Wildman–Crippen MR) is 64.6 cm³/mol. The van der Waals surface area contributed by atoms with Crippen LogP contribution in [0.25, 0.3) is 0 Å². The zero-order chi connectivity index (χ0) is 13.8. The first-order valence-corrected chi connectivity index (χ1v) is 6.21. The number of nitrogens with zero attached hydrogens (tertiary/aromatic N) is 2. The first-order valence-electron chi connectivity index (χ1n) is 6.21. The second kappa shape index (κ2) is 5.68. The molecule has 0 aliphatic heterocycles. The number of hydrogen-bond acceptors (Lipinski definition) is 5. The topological polar surface area (TPSA) is 117 Å². The number of hydrogen-bond donors (Lipinski definition) is 3. The van der Waals surface area contributed by atoms with Gasteiger partial charge in [0.15, 0.2) is 5.82 Å². The number of amides is 2. The minimum Gasteiger partial charge on any atom is -0.481 e. The quantitative estimate of drug-likeness (QED) is 0.750. The fourth-order valence-electron chi connectivity index (χ4n) is 2.10. The van der Waals surface area contributed by atoms with Crippen LogP contribution in [-0.4, -0.2) is 33.3 Å². The van der Waals surface area contributed by atoms with Crippen LogP contribution in [0.2, 0.25) is 0 Å². The second-order valence-electron chi connectivity index (χ2n) is 4.51. The first kappa shape index (κ1) is 13.3. The third-order valence-corrected chi connectivity index (χ3v) is 3.12. The van der Waals surface area contributed by atoms with Crippen molar-refractivity contribution in [3.05, 3.63) is 5.82 Å². The van der Waals surface area contributed by atoms with Crippen LogP contribution in [0.15, 0.2) is 4.52 Å². The Labute approximate surface area is 109 Å². The van der Waals surface area contributed by atoms with Crippen molar-refractivity contribution < 1.29 is 19.2 Å². The van der Waals surface area contributed by atoms with Crippen molar-refractivity contribution in [2.24, 2.45) is 5.92 Å².